The summed E-state index contributed by atoms with van der Waals surface area (Å²) in [6.45, 7) is 4.10. The van der Waals surface area contributed by atoms with Crippen LogP contribution in [0, 0.1) is 17.2 Å². The predicted molar refractivity (Wildman–Crippen MR) is 163 cm³/mol. The van der Waals surface area contributed by atoms with Gasteiger partial charge in [0.1, 0.15) is 11.2 Å². The van der Waals surface area contributed by atoms with Crippen molar-refractivity contribution in [1.29, 1.82) is 0 Å². The molecule has 1 aromatic carbocycles. The van der Waals surface area contributed by atoms with Crippen LogP contribution in [0.1, 0.15) is 102 Å². The van der Waals surface area contributed by atoms with Crippen molar-refractivity contribution >= 4 is 17.7 Å². The lowest BCUT2D eigenvalue weighted by atomic mass is 9.83. The molecule has 2 aliphatic carbocycles. The molecule has 2 fully saturated rings. The first kappa shape index (κ1) is 31.7. The highest BCUT2D eigenvalue weighted by Gasteiger charge is 2.46. The average molecular weight is 559 g/mol. The molecule has 0 radical (unpaired) electrons. The minimum absolute atomic E-state index is 0.121. The summed E-state index contributed by atoms with van der Waals surface area (Å²) in [6.07, 6.45) is 25.1. The molecule has 0 spiro atoms. The van der Waals surface area contributed by atoms with E-state index in [-0.39, 0.29) is 11.2 Å². The summed E-state index contributed by atoms with van der Waals surface area (Å²) in [4.78, 5) is 14.1. The number of rotatable bonds is 16. The van der Waals surface area contributed by atoms with Gasteiger partial charge in [0.2, 0.25) is 0 Å². The quantitative estimate of drug-likeness (QED) is 0.200. The summed E-state index contributed by atoms with van der Waals surface area (Å²) in [6, 6.07) is 6.65. The lowest BCUT2D eigenvalue weighted by Gasteiger charge is -2.39. The number of fused-ring (bicyclic) bond motifs is 2. The Kier molecular flexibility index (Phi) is 13.9. The fraction of sp³-hybridized carbons (Fsp3) is 0.667. The summed E-state index contributed by atoms with van der Waals surface area (Å²) < 4.78 is 13.0. The van der Waals surface area contributed by atoms with E-state index in [0.717, 1.165) is 43.2 Å². The number of nitrogens with zero attached hydrogens (tertiary/aromatic N) is 1. The third kappa shape index (κ3) is 10.6. The minimum atomic E-state index is -0.821. The van der Waals surface area contributed by atoms with Crippen LogP contribution in [-0.2, 0) is 11.2 Å². The van der Waals surface area contributed by atoms with Gasteiger partial charge in [-0.2, -0.15) is 0 Å². The molecular weight excluding hydrogens is 507 g/mol. The average Bonchev–Trinajstić information content (AvgIpc) is 3.53. The number of hydrogen-bond acceptors (Lipinski definition) is 4. The molecule has 4 nitrogen and oxygen atoms in total. The van der Waals surface area contributed by atoms with Crippen LogP contribution < -0.4 is 5.73 Å². The van der Waals surface area contributed by atoms with Crippen molar-refractivity contribution in [1.82, 2.24) is 4.90 Å². The van der Waals surface area contributed by atoms with Crippen LogP contribution in [-0.4, -0.2) is 40.2 Å². The fourth-order valence-corrected chi connectivity index (χ4v) is 7.65. The second-order valence-corrected chi connectivity index (χ2v) is 13.0. The number of carboxylic acid groups (broad SMARTS) is 1. The lowest BCUT2D eigenvalue weighted by Crippen LogP contribution is -2.41. The molecular formula is C33H51FN2O2S. The van der Waals surface area contributed by atoms with Crippen LogP contribution in [0.15, 0.2) is 48.2 Å². The first-order valence-corrected chi connectivity index (χ1v) is 16.4. The van der Waals surface area contributed by atoms with Gasteiger partial charge in [0, 0.05) is 12.7 Å². The molecule has 1 aromatic rings. The van der Waals surface area contributed by atoms with E-state index in [1.165, 1.54) is 95.6 Å². The van der Waals surface area contributed by atoms with E-state index in [4.69, 9.17) is 5.73 Å². The number of allylic oxidation sites excluding steroid dienone is 2. The Bertz CT molecular complexity index is 901. The Labute approximate surface area is 240 Å². The molecule has 218 valence electrons. The summed E-state index contributed by atoms with van der Waals surface area (Å²) >= 11 is 1.72. The predicted octanol–water partition coefficient (Wildman–Crippen LogP) is 8.32. The second kappa shape index (κ2) is 17.1. The molecule has 1 unspecified atom stereocenters. The van der Waals surface area contributed by atoms with Crippen molar-refractivity contribution in [2.75, 3.05) is 18.8 Å². The zero-order chi connectivity index (χ0) is 27.9. The molecule has 6 heteroatoms. The van der Waals surface area contributed by atoms with Crippen LogP contribution in [0.25, 0.3) is 0 Å². The van der Waals surface area contributed by atoms with E-state index in [9.17, 15) is 14.3 Å². The maximum Gasteiger partial charge on any atom is 0.334 e. The number of carboxylic acids is 1. The Hall–Kier alpha value is -1.79. The molecule has 4 rings (SSSR count). The van der Waals surface area contributed by atoms with Crippen molar-refractivity contribution in [3.05, 3.63) is 59.6 Å². The molecule has 2 saturated carbocycles. The van der Waals surface area contributed by atoms with E-state index in [1.807, 2.05) is 18.2 Å². The van der Waals surface area contributed by atoms with Gasteiger partial charge in [-0.3, -0.25) is 0 Å². The van der Waals surface area contributed by atoms with Gasteiger partial charge in [-0.1, -0.05) is 64.0 Å². The highest BCUT2D eigenvalue weighted by molar-refractivity contribution is 8.00. The number of aliphatic carboxylic acids is 1. The fourth-order valence-electron chi connectivity index (χ4n) is 6.42. The Balaban J connectivity index is 0.000000325. The SMILES string of the molecule is CCCCCCCCCCN.O=C(O)C1=CC=CN(CC23CCC(CC2)C3)C1SCCCc1ccc(F)cc1. The van der Waals surface area contributed by atoms with E-state index >= 15 is 0 Å². The topological polar surface area (TPSA) is 66.6 Å². The molecule has 1 atom stereocenters. The van der Waals surface area contributed by atoms with E-state index in [0.29, 0.717) is 11.0 Å². The first-order chi connectivity index (χ1) is 19.0. The van der Waals surface area contributed by atoms with Gasteiger partial charge in [0.05, 0.1) is 5.57 Å². The number of halogens is 1. The van der Waals surface area contributed by atoms with Gasteiger partial charge in [-0.15, -0.1) is 11.8 Å². The number of nitrogens with two attached hydrogens (primary N) is 1. The van der Waals surface area contributed by atoms with Crippen LogP contribution in [0.2, 0.25) is 0 Å². The molecule has 0 aromatic heterocycles. The number of hydrogen-bond donors (Lipinski definition) is 2. The highest BCUT2D eigenvalue weighted by atomic mass is 32.2. The number of unbranched alkanes of at least 4 members (excludes halogenated alkanes) is 7. The maximum atomic E-state index is 13.0. The molecule has 1 heterocycles. The van der Waals surface area contributed by atoms with Crippen molar-refractivity contribution in [2.45, 2.75) is 109 Å². The molecule has 0 amide bonds. The summed E-state index contributed by atoms with van der Waals surface area (Å²) in [5, 5.41) is 9.58. The van der Waals surface area contributed by atoms with Gasteiger partial charge >= 0.3 is 5.97 Å². The second-order valence-electron chi connectivity index (χ2n) is 11.8. The van der Waals surface area contributed by atoms with Crippen LogP contribution in [0.5, 0.6) is 0 Å². The maximum absolute atomic E-state index is 13.0. The summed E-state index contributed by atoms with van der Waals surface area (Å²) in [5.41, 5.74) is 7.39. The number of benzene rings is 1. The molecule has 0 saturated heterocycles. The van der Waals surface area contributed by atoms with Gasteiger partial charge in [-0.05, 0) is 105 Å². The van der Waals surface area contributed by atoms with Crippen molar-refractivity contribution in [3.63, 3.8) is 0 Å². The molecule has 3 N–H and O–H groups in total. The van der Waals surface area contributed by atoms with E-state index in [2.05, 4.69) is 18.0 Å². The van der Waals surface area contributed by atoms with Gasteiger partial charge in [0.15, 0.2) is 0 Å². The molecule has 3 aliphatic rings. The van der Waals surface area contributed by atoms with Crippen molar-refractivity contribution in [3.8, 4) is 0 Å². The van der Waals surface area contributed by atoms with Crippen LogP contribution >= 0.6 is 11.8 Å². The zero-order valence-electron chi connectivity index (χ0n) is 24.1. The summed E-state index contributed by atoms with van der Waals surface area (Å²) in [5.74, 6) is 0.746. The van der Waals surface area contributed by atoms with Crippen molar-refractivity contribution < 1.29 is 14.3 Å². The normalized spacial score (nSPS) is 23.5. The van der Waals surface area contributed by atoms with Crippen LogP contribution in [0.4, 0.5) is 4.39 Å². The first-order valence-electron chi connectivity index (χ1n) is 15.4. The monoisotopic (exact) mass is 558 g/mol. The minimum Gasteiger partial charge on any atom is -0.478 e. The Morgan fingerprint density at radius 1 is 1.05 bits per heavy atom. The van der Waals surface area contributed by atoms with Crippen LogP contribution in [0.3, 0.4) is 0 Å². The number of carbonyl (C=O) groups is 1. The molecule has 2 bridgehead atoms. The molecule has 39 heavy (non-hydrogen) atoms. The highest BCUT2D eigenvalue weighted by Crippen LogP contribution is 2.55. The lowest BCUT2D eigenvalue weighted by molar-refractivity contribution is -0.133. The third-order valence-corrected chi connectivity index (χ3v) is 9.99. The molecule has 1 aliphatic heterocycles. The van der Waals surface area contributed by atoms with E-state index in [1.54, 1.807) is 17.8 Å². The Morgan fingerprint density at radius 3 is 2.31 bits per heavy atom. The van der Waals surface area contributed by atoms with Gasteiger partial charge < -0.3 is 15.7 Å². The number of thioether (sulfide) groups is 1. The van der Waals surface area contributed by atoms with Crippen molar-refractivity contribution in [2.24, 2.45) is 17.1 Å². The third-order valence-electron chi connectivity index (χ3n) is 8.63. The standard InChI is InChI=1S/C23H28FNO2S.C10H23N/c24-19-7-5-17(6-8-19)3-2-14-28-21-20(22(26)27)4-1-13-25(21)16-23-11-9-18(15-23)10-12-23;1-2-3-4-5-6-7-8-9-10-11/h1,4-8,13,18,21H,2-3,9-12,14-16H2,(H,26,27);2-11H2,1H3. The Morgan fingerprint density at radius 2 is 1.72 bits per heavy atom. The van der Waals surface area contributed by atoms with Gasteiger partial charge in [-0.25, -0.2) is 9.18 Å². The smallest absolute Gasteiger partial charge is 0.334 e. The number of aryl methyl sites for hydroxylation is 1. The summed E-state index contributed by atoms with van der Waals surface area (Å²) in [7, 11) is 0. The van der Waals surface area contributed by atoms with Gasteiger partial charge in [0.25, 0.3) is 0 Å². The van der Waals surface area contributed by atoms with E-state index < -0.39 is 5.97 Å². The zero-order valence-corrected chi connectivity index (χ0v) is 24.9. The largest absolute Gasteiger partial charge is 0.478 e.